The largest absolute Gasteiger partial charge is 0.369 e. The minimum atomic E-state index is 0.391. The standard InChI is InChI=1S/C13H15ClN2O2/c1-15-7-11-6-12(18-16-11)9-17-8-10-4-2-3-5-13(10)14/h2-6,15H,7-9H2,1H3. The van der Waals surface area contributed by atoms with Crippen LogP contribution in [0.5, 0.6) is 0 Å². The van der Waals surface area contributed by atoms with Crippen LogP contribution >= 0.6 is 11.6 Å². The Morgan fingerprint density at radius 1 is 1.33 bits per heavy atom. The van der Waals surface area contributed by atoms with E-state index in [0.29, 0.717) is 30.5 Å². The summed E-state index contributed by atoms with van der Waals surface area (Å²) in [6, 6.07) is 9.49. The summed E-state index contributed by atoms with van der Waals surface area (Å²) >= 11 is 6.03. The first kappa shape index (κ1) is 13.1. The van der Waals surface area contributed by atoms with Crippen molar-refractivity contribution in [1.29, 1.82) is 0 Å². The first-order valence-corrected chi connectivity index (χ1v) is 6.07. The van der Waals surface area contributed by atoms with Gasteiger partial charge in [0, 0.05) is 17.6 Å². The second kappa shape index (κ2) is 6.54. The molecule has 0 atom stereocenters. The Bertz CT molecular complexity index is 499. The number of benzene rings is 1. The molecule has 96 valence electrons. The second-order valence-electron chi connectivity index (χ2n) is 3.90. The van der Waals surface area contributed by atoms with Crippen LogP contribution in [-0.2, 0) is 24.5 Å². The predicted octanol–water partition coefficient (Wildman–Crippen LogP) is 2.76. The van der Waals surface area contributed by atoms with E-state index in [2.05, 4.69) is 10.5 Å². The molecule has 0 radical (unpaired) electrons. The maximum Gasteiger partial charge on any atom is 0.162 e. The third-order valence-corrected chi connectivity index (χ3v) is 2.79. The summed E-state index contributed by atoms with van der Waals surface area (Å²) in [5.41, 5.74) is 1.84. The van der Waals surface area contributed by atoms with Gasteiger partial charge in [0.25, 0.3) is 0 Å². The summed E-state index contributed by atoms with van der Waals surface area (Å²) in [7, 11) is 1.86. The van der Waals surface area contributed by atoms with Crippen molar-refractivity contribution in [3.8, 4) is 0 Å². The van der Waals surface area contributed by atoms with Gasteiger partial charge in [0.2, 0.25) is 0 Å². The molecule has 5 heteroatoms. The molecule has 0 saturated carbocycles. The van der Waals surface area contributed by atoms with Crippen LogP contribution in [0.15, 0.2) is 34.9 Å². The third kappa shape index (κ3) is 3.57. The number of nitrogens with zero attached hydrogens (tertiary/aromatic N) is 1. The van der Waals surface area contributed by atoms with Gasteiger partial charge < -0.3 is 14.6 Å². The van der Waals surface area contributed by atoms with Gasteiger partial charge in [-0.1, -0.05) is 35.0 Å². The molecule has 0 amide bonds. The van der Waals surface area contributed by atoms with Crippen LogP contribution in [-0.4, -0.2) is 12.2 Å². The molecule has 0 bridgehead atoms. The molecule has 0 unspecified atom stereocenters. The van der Waals surface area contributed by atoms with Crippen molar-refractivity contribution < 1.29 is 9.26 Å². The summed E-state index contributed by atoms with van der Waals surface area (Å²) in [6.07, 6.45) is 0. The lowest BCUT2D eigenvalue weighted by Crippen LogP contribution is -2.04. The maximum atomic E-state index is 6.03. The molecule has 2 rings (SSSR count). The number of halogens is 1. The molecule has 1 aromatic heterocycles. The zero-order chi connectivity index (χ0) is 12.8. The highest BCUT2D eigenvalue weighted by Gasteiger charge is 2.04. The SMILES string of the molecule is CNCc1cc(COCc2ccccc2Cl)on1. The van der Waals surface area contributed by atoms with Gasteiger partial charge in [-0.3, -0.25) is 0 Å². The maximum absolute atomic E-state index is 6.03. The van der Waals surface area contributed by atoms with E-state index in [4.69, 9.17) is 20.9 Å². The molecule has 0 fully saturated rings. The van der Waals surface area contributed by atoms with Crippen LogP contribution in [0.4, 0.5) is 0 Å². The van der Waals surface area contributed by atoms with Crippen molar-refractivity contribution in [2.45, 2.75) is 19.8 Å². The molecule has 0 saturated heterocycles. The van der Waals surface area contributed by atoms with E-state index in [0.717, 1.165) is 11.3 Å². The molecule has 4 nitrogen and oxygen atoms in total. The Morgan fingerprint density at radius 2 is 2.17 bits per heavy atom. The van der Waals surface area contributed by atoms with E-state index in [1.807, 2.05) is 37.4 Å². The number of hydrogen-bond acceptors (Lipinski definition) is 4. The van der Waals surface area contributed by atoms with E-state index in [9.17, 15) is 0 Å². The van der Waals surface area contributed by atoms with Crippen molar-refractivity contribution in [1.82, 2.24) is 10.5 Å². The highest BCUT2D eigenvalue weighted by Crippen LogP contribution is 2.16. The number of rotatable bonds is 6. The van der Waals surface area contributed by atoms with Crippen LogP contribution in [0.1, 0.15) is 17.0 Å². The lowest BCUT2D eigenvalue weighted by atomic mass is 10.2. The van der Waals surface area contributed by atoms with Crippen molar-refractivity contribution in [3.05, 3.63) is 52.4 Å². The smallest absolute Gasteiger partial charge is 0.162 e. The number of ether oxygens (including phenoxy) is 1. The molecule has 1 aromatic carbocycles. The van der Waals surface area contributed by atoms with Crippen molar-refractivity contribution in [3.63, 3.8) is 0 Å². The summed E-state index contributed by atoms with van der Waals surface area (Å²) in [5.74, 6) is 0.715. The molecule has 18 heavy (non-hydrogen) atoms. The first-order valence-electron chi connectivity index (χ1n) is 5.70. The van der Waals surface area contributed by atoms with Gasteiger partial charge in [0.1, 0.15) is 6.61 Å². The molecule has 0 aliphatic rings. The van der Waals surface area contributed by atoms with Gasteiger partial charge >= 0.3 is 0 Å². The number of aromatic nitrogens is 1. The highest BCUT2D eigenvalue weighted by atomic mass is 35.5. The third-order valence-electron chi connectivity index (χ3n) is 2.43. The van der Waals surface area contributed by atoms with Crippen LogP contribution in [0, 0.1) is 0 Å². The van der Waals surface area contributed by atoms with E-state index < -0.39 is 0 Å². The Kier molecular flexibility index (Phi) is 4.75. The second-order valence-corrected chi connectivity index (χ2v) is 4.31. The van der Waals surface area contributed by atoms with Gasteiger partial charge in [-0.2, -0.15) is 0 Å². The van der Waals surface area contributed by atoms with Crippen LogP contribution < -0.4 is 5.32 Å². The molecule has 1 heterocycles. The molecule has 0 aliphatic heterocycles. The van der Waals surface area contributed by atoms with Crippen molar-refractivity contribution >= 4 is 11.6 Å². The zero-order valence-corrected chi connectivity index (χ0v) is 10.9. The van der Waals surface area contributed by atoms with E-state index >= 15 is 0 Å². The molecular weight excluding hydrogens is 252 g/mol. The molecule has 2 aromatic rings. The average Bonchev–Trinajstić information content (AvgIpc) is 2.80. The molecular formula is C13H15ClN2O2. The minimum Gasteiger partial charge on any atom is -0.369 e. The molecule has 0 aliphatic carbocycles. The quantitative estimate of drug-likeness (QED) is 0.873. The topological polar surface area (TPSA) is 47.3 Å². The summed E-state index contributed by atoms with van der Waals surface area (Å²) in [6.45, 7) is 1.54. The highest BCUT2D eigenvalue weighted by molar-refractivity contribution is 6.31. The lowest BCUT2D eigenvalue weighted by molar-refractivity contribution is 0.0884. The van der Waals surface area contributed by atoms with Crippen LogP contribution in [0.25, 0.3) is 0 Å². The fraction of sp³-hybridized carbons (Fsp3) is 0.308. The minimum absolute atomic E-state index is 0.391. The monoisotopic (exact) mass is 266 g/mol. The summed E-state index contributed by atoms with van der Waals surface area (Å²) in [4.78, 5) is 0. The van der Waals surface area contributed by atoms with Gasteiger partial charge in [0.15, 0.2) is 5.76 Å². The Labute approximate surface area is 111 Å². The first-order chi connectivity index (χ1) is 8.79. The molecule has 0 spiro atoms. The Balaban J connectivity index is 1.83. The average molecular weight is 267 g/mol. The van der Waals surface area contributed by atoms with E-state index in [1.165, 1.54) is 0 Å². The predicted molar refractivity (Wildman–Crippen MR) is 69.2 cm³/mol. The fourth-order valence-corrected chi connectivity index (χ4v) is 1.76. The summed E-state index contributed by atoms with van der Waals surface area (Å²) < 4.78 is 10.7. The Hall–Kier alpha value is -1.36. The van der Waals surface area contributed by atoms with Crippen molar-refractivity contribution in [2.75, 3.05) is 7.05 Å². The van der Waals surface area contributed by atoms with Crippen LogP contribution in [0.2, 0.25) is 5.02 Å². The fourth-order valence-electron chi connectivity index (χ4n) is 1.57. The van der Waals surface area contributed by atoms with Gasteiger partial charge in [-0.15, -0.1) is 0 Å². The van der Waals surface area contributed by atoms with Gasteiger partial charge in [0.05, 0.1) is 12.3 Å². The normalized spacial score (nSPS) is 10.8. The molecule has 1 N–H and O–H groups in total. The van der Waals surface area contributed by atoms with Crippen molar-refractivity contribution in [2.24, 2.45) is 0 Å². The van der Waals surface area contributed by atoms with E-state index in [-0.39, 0.29) is 0 Å². The van der Waals surface area contributed by atoms with Gasteiger partial charge in [-0.05, 0) is 18.7 Å². The summed E-state index contributed by atoms with van der Waals surface area (Å²) in [5, 5.41) is 7.63. The zero-order valence-electron chi connectivity index (χ0n) is 10.1. The van der Waals surface area contributed by atoms with Gasteiger partial charge in [-0.25, -0.2) is 0 Å². The van der Waals surface area contributed by atoms with Crippen LogP contribution in [0.3, 0.4) is 0 Å². The number of nitrogens with one attached hydrogen (secondary N) is 1. The lowest BCUT2D eigenvalue weighted by Gasteiger charge is -2.03. The van der Waals surface area contributed by atoms with E-state index in [1.54, 1.807) is 0 Å². The number of hydrogen-bond donors (Lipinski definition) is 1. The Morgan fingerprint density at radius 3 is 2.94 bits per heavy atom.